The highest BCUT2D eigenvalue weighted by molar-refractivity contribution is 5.78. The minimum Gasteiger partial charge on any atom is -0.311 e. The van der Waals surface area contributed by atoms with Gasteiger partial charge in [-0.1, -0.05) is 48.5 Å². The quantitative estimate of drug-likeness (QED) is 0.859. The Morgan fingerprint density at radius 2 is 1.48 bits per heavy atom. The second-order valence-electron chi connectivity index (χ2n) is 6.43. The van der Waals surface area contributed by atoms with Crippen LogP contribution in [-0.2, 0) is 0 Å². The van der Waals surface area contributed by atoms with Gasteiger partial charge in [-0.15, -0.1) is 0 Å². The summed E-state index contributed by atoms with van der Waals surface area (Å²) in [5, 5.41) is 3.59. The second-order valence-corrected chi connectivity index (χ2v) is 6.43. The minimum atomic E-state index is 0.414. The lowest BCUT2D eigenvalue weighted by atomic mass is 9.99. The number of hydrogen-bond donors (Lipinski definition) is 1. The summed E-state index contributed by atoms with van der Waals surface area (Å²) >= 11 is 0. The molecule has 2 aromatic rings. The molecule has 4 rings (SSSR count). The van der Waals surface area contributed by atoms with Crippen molar-refractivity contribution in [2.24, 2.45) is 0 Å². The minimum absolute atomic E-state index is 0.414. The summed E-state index contributed by atoms with van der Waals surface area (Å²) in [5.41, 5.74) is 5.77. The molecule has 2 atom stereocenters. The maximum Gasteiger partial charge on any atom is 0.0617 e. The van der Waals surface area contributed by atoms with Crippen LogP contribution in [0.5, 0.6) is 0 Å². The normalized spacial score (nSPS) is 25.6. The van der Waals surface area contributed by atoms with Crippen molar-refractivity contribution in [2.45, 2.75) is 32.0 Å². The Labute approximate surface area is 126 Å². The fourth-order valence-corrected chi connectivity index (χ4v) is 3.90. The molecule has 0 radical (unpaired) electrons. The standard InChI is InChI=1S/C19H22N2/c1-13-12-21(14(2)11-20-13)19-17-9-5-3-7-15(17)16-8-4-6-10-18(16)19/h3-10,13-14,19-20H,11-12H2,1-2H3. The van der Waals surface area contributed by atoms with Gasteiger partial charge in [0.15, 0.2) is 0 Å². The Morgan fingerprint density at radius 3 is 2.10 bits per heavy atom. The fraction of sp³-hybridized carbons (Fsp3) is 0.368. The van der Waals surface area contributed by atoms with Crippen LogP contribution >= 0.6 is 0 Å². The van der Waals surface area contributed by atoms with Gasteiger partial charge in [0.1, 0.15) is 0 Å². The molecule has 0 aromatic heterocycles. The van der Waals surface area contributed by atoms with E-state index in [9.17, 15) is 0 Å². The molecule has 0 saturated carbocycles. The molecule has 0 spiro atoms. The van der Waals surface area contributed by atoms with Crippen LogP contribution in [0.1, 0.15) is 31.0 Å². The van der Waals surface area contributed by atoms with E-state index >= 15 is 0 Å². The van der Waals surface area contributed by atoms with Gasteiger partial charge in [0.25, 0.3) is 0 Å². The molecule has 0 amide bonds. The van der Waals surface area contributed by atoms with Gasteiger partial charge < -0.3 is 5.32 Å². The van der Waals surface area contributed by atoms with E-state index < -0.39 is 0 Å². The number of nitrogens with one attached hydrogen (secondary N) is 1. The van der Waals surface area contributed by atoms with Gasteiger partial charge in [0, 0.05) is 25.2 Å². The predicted molar refractivity (Wildman–Crippen MR) is 87.4 cm³/mol. The lowest BCUT2D eigenvalue weighted by Gasteiger charge is -2.42. The first-order valence-electron chi connectivity index (χ1n) is 7.93. The zero-order valence-corrected chi connectivity index (χ0v) is 12.7. The average molecular weight is 278 g/mol. The Kier molecular flexibility index (Phi) is 3.09. The summed E-state index contributed by atoms with van der Waals surface area (Å²) < 4.78 is 0. The maximum absolute atomic E-state index is 3.59. The molecule has 1 aliphatic heterocycles. The SMILES string of the molecule is CC1CN(C2c3ccccc3-c3ccccc32)C(C)CN1. The van der Waals surface area contributed by atoms with Crippen molar-refractivity contribution in [1.82, 2.24) is 10.2 Å². The molecule has 2 heteroatoms. The van der Waals surface area contributed by atoms with E-state index in [1.165, 1.54) is 22.3 Å². The van der Waals surface area contributed by atoms with E-state index in [4.69, 9.17) is 0 Å². The Balaban J connectivity index is 1.85. The highest BCUT2D eigenvalue weighted by Crippen LogP contribution is 2.46. The average Bonchev–Trinajstić information content (AvgIpc) is 2.84. The van der Waals surface area contributed by atoms with Crippen molar-refractivity contribution in [3.63, 3.8) is 0 Å². The van der Waals surface area contributed by atoms with Crippen molar-refractivity contribution in [1.29, 1.82) is 0 Å². The number of hydrogen-bond acceptors (Lipinski definition) is 2. The number of nitrogens with zero attached hydrogens (tertiary/aromatic N) is 1. The topological polar surface area (TPSA) is 15.3 Å². The van der Waals surface area contributed by atoms with Crippen LogP contribution in [0.3, 0.4) is 0 Å². The van der Waals surface area contributed by atoms with Crippen LogP contribution in [0.25, 0.3) is 11.1 Å². The Morgan fingerprint density at radius 1 is 0.905 bits per heavy atom. The van der Waals surface area contributed by atoms with E-state index in [2.05, 4.69) is 72.6 Å². The number of fused-ring (bicyclic) bond motifs is 3. The second kappa shape index (κ2) is 4.97. The first-order chi connectivity index (χ1) is 10.3. The molecule has 2 nitrogen and oxygen atoms in total. The molecule has 108 valence electrons. The molecule has 1 heterocycles. The third-order valence-corrected chi connectivity index (χ3v) is 4.95. The Bertz CT molecular complexity index is 619. The van der Waals surface area contributed by atoms with E-state index in [-0.39, 0.29) is 0 Å². The number of rotatable bonds is 1. The van der Waals surface area contributed by atoms with Gasteiger partial charge in [-0.3, -0.25) is 4.90 Å². The first-order valence-corrected chi connectivity index (χ1v) is 7.93. The smallest absolute Gasteiger partial charge is 0.0617 e. The third-order valence-electron chi connectivity index (χ3n) is 4.95. The fourth-order valence-electron chi connectivity index (χ4n) is 3.90. The van der Waals surface area contributed by atoms with Crippen molar-refractivity contribution >= 4 is 0 Å². The molecule has 1 saturated heterocycles. The molecule has 1 aliphatic carbocycles. The molecule has 1 fully saturated rings. The monoisotopic (exact) mass is 278 g/mol. The summed E-state index contributed by atoms with van der Waals surface area (Å²) in [6.45, 7) is 6.80. The van der Waals surface area contributed by atoms with Crippen molar-refractivity contribution in [3.8, 4) is 11.1 Å². The van der Waals surface area contributed by atoms with Gasteiger partial charge in [0.05, 0.1) is 6.04 Å². The van der Waals surface area contributed by atoms with Crippen molar-refractivity contribution in [2.75, 3.05) is 13.1 Å². The van der Waals surface area contributed by atoms with Crippen molar-refractivity contribution in [3.05, 3.63) is 59.7 Å². The zero-order chi connectivity index (χ0) is 14.4. The lowest BCUT2D eigenvalue weighted by molar-refractivity contribution is 0.115. The summed E-state index contributed by atoms with van der Waals surface area (Å²) in [4.78, 5) is 2.67. The first kappa shape index (κ1) is 13.1. The van der Waals surface area contributed by atoms with Gasteiger partial charge in [-0.2, -0.15) is 0 Å². The van der Waals surface area contributed by atoms with E-state index in [0.29, 0.717) is 18.1 Å². The molecular formula is C19H22N2. The van der Waals surface area contributed by atoms with Crippen LogP contribution < -0.4 is 5.32 Å². The molecular weight excluding hydrogens is 256 g/mol. The van der Waals surface area contributed by atoms with Gasteiger partial charge >= 0.3 is 0 Å². The third kappa shape index (κ3) is 2.02. The van der Waals surface area contributed by atoms with E-state index in [0.717, 1.165) is 13.1 Å². The van der Waals surface area contributed by atoms with Crippen LogP contribution in [0.2, 0.25) is 0 Å². The molecule has 2 aromatic carbocycles. The van der Waals surface area contributed by atoms with Gasteiger partial charge in [-0.25, -0.2) is 0 Å². The van der Waals surface area contributed by atoms with Gasteiger partial charge in [0.2, 0.25) is 0 Å². The van der Waals surface area contributed by atoms with Gasteiger partial charge in [-0.05, 0) is 36.1 Å². The number of piperazine rings is 1. The summed E-state index contributed by atoms with van der Waals surface area (Å²) in [6, 6.07) is 19.3. The highest BCUT2D eigenvalue weighted by atomic mass is 15.3. The Hall–Kier alpha value is -1.64. The largest absolute Gasteiger partial charge is 0.311 e. The highest BCUT2D eigenvalue weighted by Gasteiger charge is 2.36. The molecule has 2 aliphatic rings. The molecule has 1 N–H and O–H groups in total. The summed E-state index contributed by atoms with van der Waals surface area (Å²) in [6.07, 6.45) is 0. The van der Waals surface area contributed by atoms with Crippen LogP contribution in [-0.4, -0.2) is 30.1 Å². The van der Waals surface area contributed by atoms with Crippen LogP contribution in [0.4, 0.5) is 0 Å². The van der Waals surface area contributed by atoms with E-state index in [1.807, 2.05) is 0 Å². The molecule has 21 heavy (non-hydrogen) atoms. The maximum atomic E-state index is 3.59. The predicted octanol–water partition coefficient (Wildman–Crippen LogP) is 3.44. The van der Waals surface area contributed by atoms with Crippen LogP contribution in [0, 0.1) is 0 Å². The lowest BCUT2D eigenvalue weighted by Crippen LogP contribution is -2.55. The van der Waals surface area contributed by atoms with Crippen molar-refractivity contribution < 1.29 is 0 Å². The summed E-state index contributed by atoms with van der Waals surface area (Å²) in [5.74, 6) is 0. The molecule has 2 unspecified atom stereocenters. The summed E-state index contributed by atoms with van der Waals surface area (Å²) in [7, 11) is 0. The molecule has 0 bridgehead atoms. The number of benzene rings is 2. The van der Waals surface area contributed by atoms with E-state index in [1.54, 1.807) is 0 Å². The van der Waals surface area contributed by atoms with Crippen LogP contribution in [0.15, 0.2) is 48.5 Å². The zero-order valence-electron chi connectivity index (χ0n) is 12.7.